The lowest BCUT2D eigenvalue weighted by Crippen LogP contribution is -2.28. The Morgan fingerprint density at radius 3 is 1.66 bits per heavy atom. The highest BCUT2D eigenvalue weighted by molar-refractivity contribution is 7.27. The van der Waals surface area contributed by atoms with Crippen LogP contribution < -0.4 is 4.90 Å². The van der Waals surface area contributed by atoms with E-state index in [0.717, 1.165) is 39.0 Å². The molecular weight excluding hydrogens is 843 g/mol. The molecule has 0 saturated carbocycles. The molecule has 0 atom stereocenters. The highest BCUT2D eigenvalue weighted by Crippen LogP contribution is 2.58. The van der Waals surface area contributed by atoms with Gasteiger partial charge in [0.25, 0.3) is 0 Å². The Morgan fingerprint density at radius 1 is 0.353 bits per heavy atom. The lowest BCUT2D eigenvalue weighted by Gasteiger charge is -2.34. The van der Waals surface area contributed by atoms with E-state index in [1.54, 1.807) is 0 Å². The molecule has 318 valence electrons. The Bertz CT molecular complexity index is 4030. The number of hydrogen-bond acceptors (Lipinski definition) is 3. The summed E-state index contributed by atoms with van der Waals surface area (Å²) in [7, 11) is 0. The van der Waals surface area contributed by atoms with Gasteiger partial charge in [0.05, 0.1) is 16.5 Å². The van der Waals surface area contributed by atoms with Gasteiger partial charge in [-0.15, -0.1) is 11.3 Å². The number of thiophene rings is 1. The van der Waals surface area contributed by atoms with E-state index < -0.39 is 5.41 Å². The lowest BCUT2D eigenvalue weighted by atomic mass is 9.67. The van der Waals surface area contributed by atoms with Gasteiger partial charge in [0.1, 0.15) is 11.2 Å². The van der Waals surface area contributed by atoms with Gasteiger partial charge < -0.3 is 9.32 Å². The topological polar surface area (TPSA) is 16.4 Å². The van der Waals surface area contributed by atoms with Crippen molar-refractivity contribution in [3.63, 3.8) is 0 Å². The zero-order valence-corrected chi connectivity index (χ0v) is 37.8. The molecule has 0 spiro atoms. The van der Waals surface area contributed by atoms with Crippen molar-refractivity contribution in [2.75, 3.05) is 4.90 Å². The molecule has 68 heavy (non-hydrogen) atoms. The third kappa shape index (κ3) is 5.70. The second-order valence-corrected chi connectivity index (χ2v) is 18.9. The fourth-order valence-corrected chi connectivity index (χ4v) is 12.8. The number of anilines is 3. The maximum absolute atomic E-state index is 6.49. The van der Waals surface area contributed by atoms with Crippen LogP contribution >= 0.6 is 11.3 Å². The van der Waals surface area contributed by atoms with Crippen LogP contribution in [0.3, 0.4) is 0 Å². The van der Waals surface area contributed by atoms with Crippen LogP contribution in [0.2, 0.25) is 0 Å². The summed E-state index contributed by atoms with van der Waals surface area (Å²) >= 11 is 1.90. The molecule has 11 aromatic carbocycles. The average Bonchev–Trinajstić information content (AvgIpc) is 4.09. The van der Waals surface area contributed by atoms with E-state index in [2.05, 4.69) is 248 Å². The SMILES string of the molecule is c1ccc(C2(c3ccccc3)c3ccccc3-c3c(-c4ccc(N(c5ccc(-c6cccc7c6sc6c8ccccc8ccc76)cc5)c5cccc6oc7ccccc7c56)cc4)cccc32)cc1. The predicted molar refractivity (Wildman–Crippen MR) is 287 cm³/mol. The number of para-hydroxylation sites is 1. The highest BCUT2D eigenvalue weighted by Gasteiger charge is 2.46. The van der Waals surface area contributed by atoms with Crippen molar-refractivity contribution in [2.45, 2.75) is 5.41 Å². The van der Waals surface area contributed by atoms with E-state index in [9.17, 15) is 0 Å². The van der Waals surface area contributed by atoms with Crippen molar-refractivity contribution < 1.29 is 4.42 Å². The lowest BCUT2D eigenvalue weighted by molar-refractivity contribution is 0.669. The minimum Gasteiger partial charge on any atom is -0.456 e. The summed E-state index contributed by atoms with van der Waals surface area (Å²) < 4.78 is 9.14. The van der Waals surface area contributed by atoms with Crippen LogP contribution in [0.5, 0.6) is 0 Å². The van der Waals surface area contributed by atoms with Crippen molar-refractivity contribution in [1.29, 1.82) is 0 Å². The Morgan fingerprint density at radius 2 is 0.897 bits per heavy atom. The number of nitrogens with zero attached hydrogens (tertiary/aromatic N) is 1. The van der Waals surface area contributed by atoms with Crippen LogP contribution in [0, 0.1) is 0 Å². The number of benzene rings is 11. The van der Waals surface area contributed by atoms with Gasteiger partial charge in [-0.05, 0) is 109 Å². The van der Waals surface area contributed by atoms with E-state index in [1.165, 1.54) is 86.6 Å². The van der Waals surface area contributed by atoms with Crippen LogP contribution in [0.1, 0.15) is 22.3 Å². The molecule has 0 N–H and O–H groups in total. The first-order valence-electron chi connectivity index (χ1n) is 23.3. The molecule has 0 radical (unpaired) electrons. The minimum absolute atomic E-state index is 0.462. The van der Waals surface area contributed by atoms with Gasteiger partial charge in [-0.3, -0.25) is 0 Å². The molecule has 2 nitrogen and oxygen atoms in total. The first kappa shape index (κ1) is 38.7. The third-order valence-electron chi connectivity index (χ3n) is 14.4. The minimum atomic E-state index is -0.462. The molecule has 1 aliphatic rings. The molecule has 0 fully saturated rings. The Labute approximate surface area is 398 Å². The van der Waals surface area contributed by atoms with E-state index in [1.807, 2.05) is 17.4 Å². The largest absolute Gasteiger partial charge is 0.456 e. The molecule has 1 aliphatic carbocycles. The van der Waals surface area contributed by atoms with E-state index in [-0.39, 0.29) is 0 Å². The average molecular weight is 884 g/mol. The maximum Gasteiger partial charge on any atom is 0.137 e. The molecule has 0 bridgehead atoms. The van der Waals surface area contributed by atoms with Gasteiger partial charge in [0, 0.05) is 36.9 Å². The van der Waals surface area contributed by atoms with Crippen molar-refractivity contribution in [2.24, 2.45) is 0 Å². The number of furan rings is 1. The first-order valence-corrected chi connectivity index (χ1v) is 24.1. The smallest absolute Gasteiger partial charge is 0.137 e. The third-order valence-corrected chi connectivity index (χ3v) is 15.7. The zero-order chi connectivity index (χ0) is 44.8. The Kier molecular flexibility index (Phi) is 8.71. The normalized spacial score (nSPS) is 12.8. The predicted octanol–water partition coefficient (Wildman–Crippen LogP) is 18.3. The first-order chi connectivity index (χ1) is 33.7. The van der Waals surface area contributed by atoms with Crippen molar-refractivity contribution >= 4 is 81.3 Å². The second kappa shape index (κ2) is 15.3. The van der Waals surface area contributed by atoms with Crippen molar-refractivity contribution in [3.8, 4) is 33.4 Å². The summed E-state index contributed by atoms with van der Waals surface area (Å²) in [6.45, 7) is 0. The van der Waals surface area contributed by atoms with Gasteiger partial charge in [-0.1, -0.05) is 206 Å². The summed E-state index contributed by atoms with van der Waals surface area (Å²) in [6.07, 6.45) is 0. The fraction of sp³-hybridized carbons (Fsp3) is 0.0154. The Hall–Kier alpha value is -8.50. The van der Waals surface area contributed by atoms with Crippen molar-refractivity contribution in [1.82, 2.24) is 0 Å². The summed E-state index contributed by atoms with van der Waals surface area (Å²) in [5.41, 5.74) is 17.0. The van der Waals surface area contributed by atoms with Crippen LogP contribution in [-0.2, 0) is 5.41 Å². The standard InChI is InChI=1S/C65H41NOS/c1-3-17-45(18-4-1)65(46-19-5-2-6-20-46)56-27-11-9-22-54(56)61-49(24-14-28-57(61)65)43-32-37-47(38-33-43)66(58-29-15-31-60-62(58)55-23-10-12-30-59(55)67-60)48-39-34-44(35-40-48)51-25-13-26-52-53-41-36-42-16-7-8-21-50(42)64(53)68-63(51)52/h1-41H. The van der Waals surface area contributed by atoms with Crippen LogP contribution in [0.15, 0.2) is 253 Å². The van der Waals surface area contributed by atoms with Gasteiger partial charge >= 0.3 is 0 Å². The molecule has 2 heterocycles. The van der Waals surface area contributed by atoms with Gasteiger partial charge in [0.15, 0.2) is 0 Å². The Balaban J connectivity index is 0.921. The molecule has 3 heteroatoms. The fourth-order valence-electron chi connectivity index (χ4n) is 11.4. The summed E-state index contributed by atoms with van der Waals surface area (Å²) in [5.74, 6) is 0. The van der Waals surface area contributed by atoms with E-state index >= 15 is 0 Å². The van der Waals surface area contributed by atoms with E-state index in [0.29, 0.717) is 0 Å². The molecule has 0 aliphatic heterocycles. The molecule has 14 rings (SSSR count). The molecule has 0 unspecified atom stereocenters. The van der Waals surface area contributed by atoms with Gasteiger partial charge in [-0.2, -0.15) is 0 Å². The number of hydrogen-bond donors (Lipinski definition) is 0. The second-order valence-electron chi connectivity index (χ2n) is 17.9. The molecular formula is C65H41NOS. The molecule has 2 aromatic heterocycles. The molecule has 13 aromatic rings. The maximum atomic E-state index is 6.49. The van der Waals surface area contributed by atoms with Gasteiger partial charge in [-0.25, -0.2) is 0 Å². The number of rotatable bonds is 7. The quantitative estimate of drug-likeness (QED) is 0.159. The summed E-state index contributed by atoms with van der Waals surface area (Å²) in [6, 6.07) is 91.1. The zero-order valence-electron chi connectivity index (χ0n) is 36.9. The van der Waals surface area contributed by atoms with Crippen LogP contribution in [0.25, 0.3) is 86.3 Å². The summed E-state index contributed by atoms with van der Waals surface area (Å²) in [5, 5.41) is 7.39. The molecule has 0 saturated heterocycles. The molecule has 0 amide bonds. The summed E-state index contributed by atoms with van der Waals surface area (Å²) in [4.78, 5) is 2.39. The van der Waals surface area contributed by atoms with Crippen molar-refractivity contribution in [3.05, 3.63) is 271 Å². The monoisotopic (exact) mass is 883 g/mol. The van der Waals surface area contributed by atoms with E-state index in [4.69, 9.17) is 4.42 Å². The number of fused-ring (bicyclic) bond motifs is 11. The highest BCUT2D eigenvalue weighted by atomic mass is 32.1. The van der Waals surface area contributed by atoms with Gasteiger partial charge in [0.2, 0.25) is 0 Å². The van der Waals surface area contributed by atoms with Crippen LogP contribution in [0.4, 0.5) is 17.1 Å². The van der Waals surface area contributed by atoms with Crippen LogP contribution in [-0.4, -0.2) is 0 Å².